The molecule has 0 bridgehead atoms. The number of carboxylic acid groups (broad SMARTS) is 1. The van der Waals surface area contributed by atoms with Gasteiger partial charge in [0.1, 0.15) is 0 Å². The van der Waals surface area contributed by atoms with Crippen LogP contribution in [0.4, 0.5) is 0 Å². The van der Waals surface area contributed by atoms with Crippen LogP contribution in [0.1, 0.15) is 31.1 Å². The van der Waals surface area contributed by atoms with Crippen LogP contribution in [0.5, 0.6) is 0 Å². The normalized spacial score (nSPS) is 13.0. The fourth-order valence-electron chi connectivity index (χ4n) is 2.34. The number of rotatable bonds is 2. The lowest BCUT2D eigenvalue weighted by molar-refractivity contribution is 0.0696. The second kappa shape index (κ2) is 4.71. The van der Waals surface area contributed by atoms with E-state index in [1.165, 1.54) is 0 Å². The molecule has 0 aromatic heterocycles. The van der Waals surface area contributed by atoms with Gasteiger partial charge in [0.2, 0.25) is 0 Å². The molecule has 0 radical (unpaired) electrons. The first-order valence-electron chi connectivity index (χ1n) is 6.01. The number of fused-ring (bicyclic) bond motifs is 1. The summed E-state index contributed by atoms with van der Waals surface area (Å²) in [5.74, 6) is -2.45. The maximum atomic E-state index is 12.0. The molecule has 1 heterocycles. The first-order chi connectivity index (χ1) is 10.0. The minimum Gasteiger partial charge on any atom is -0.478 e. The molecule has 0 atom stereocenters. The lowest BCUT2D eigenvalue weighted by Gasteiger charge is -2.11. The van der Waals surface area contributed by atoms with E-state index in [9.17, 15) is 19.5 Å². The number of carbonyl (C=O) groups excluding carboxylic acids is 2. The summed E-state index contributed by atoms with van der Waals surface area (Å²) in [7, 11) is 0. The number of halogens is 1. The van der Waals surface area contributed by atoms with Crippen molar-refractivity contribution in [2.45, 2.75) is 0 Å². The Hall–Kier alpha value is -2.66. The summed E-state index contributed by atoms with van der Waals surface area (Å²) in [6.45, 7) is 0. The second-order valence-electron chi connectivity index (χ2n) is 4.49. The smallest absolute Gasteiger partial charge is 0.337 e. The van der Waals surface area contributed by atoms with Gasteiger partial charge in [0, 0.05) is 5.56 Å². The van der Waals surface area contributed by atoms with Crippen LogP contribution in [0.15, 0.2) is 36.4 Å². The van der Waals surface area contributed by atoms with E-state index in [2.05, 4.69) is 5.32 Å². The summed E-state index contributed by atoms with van der Waals surface area (Å²) in [4.78, 5) is 35.0. The van der Waals surface area contributed by atoms with E-state index < -0.39 is 17.8 Å². The van der Waals surface area contributed by atoms with Gasteiger partial charge in [-0.3, -0.25) is 14.9 Å². The summed E-state index contributed by atoms with van der Waals surface area (Å²) in [5, 5.41) is 11.3. The maximum Gasteiger partial charge on any atom is 0.337 e. The molecule has 21 heavy (non-hydrogen) atoms. The first-order valence-corrected chi connectivity index (χ1v) is 6.39. The molecule has 1 aliphatic heterocycles. The molecule has 0 fully saturated rings. The molecular weight excluding hydrogens is 294 g/mol. The Morgan fingerprint density at radius 1 is 1.05 bits per heavy atom. The molecule has 2 aromatic carbocycles. The van der Waals surface area contributed by atoms with Gasteiger partial charge in [0.15, 0.2) is 0 Å². The van der Waals surface area contributed by atoms with Crippen molar-refractivity contribution in [1.29, 1.82) is 0 Å². The highest BCUT2D eigenvalue weighted by Gasteiger charge is 2.34. The van der Waals surface area contributed by atoms with Crippen molar-refractivity contribution < 1.29 is 19.5 Å². The van der Waals surface area contributed by atoms with Gasteiger partial charge in [-0.05, 0) is 11.6 Å². The van der Waals surface area contributed by atoms with Gasteiger partial charge < -0.3 is 5.11 Å². The van der Waals surface area contributed by atoms with Crippen LogP contribution in [0.3, 0.4) is 0 Å². The van der Waals surface area contributed by atoms with Gasteiger partial charge in [0.25, 0.3) is 11.8 Å². The van der Waals surface area contributed by atoms with Crippen LogP contribution < -0.4 is 5.32 Å². The van der Waals surface area contributed by atoms with E-state index in [-0.39, 0.29) is 27.3 Å². The number of carbonyl (C=O) groups is 3. The van der Waals surface area contributed by atoms with Crippen molar-refractivity contribution in [2.75, 3.05) is 0 Å². The van der Waals surface area contributed by atoms with Crippen LogP contribution in [0.25, 0.3) is 11.1 Å². The molecule has 0 saturated heterocycles. The predicted octanol–water partition coefficient (Wildman–Crippen LogP) is 2.59. The number of amides is 2. The minimum absolute atomic E-state index is 0.0284. The molecule has 2 amide bonds. The molecule has 0 aliphatic carbocycles. The number of hydrogen-bond acceptors (Lipinski definition) is 3. The number of benzene rings is 2. The van der Waals surface area contributed by atoms with Crippen molar-refractivity contribution in [1.82, 2.24) is 5.32 Å². The summed E-state index contributed by atoms with van der Waals surface area (Å²) in [6.07, 6.45) is 0. The largest absolute Gasteiger partial charge is 0.478 e. The van der Waals surface area contributed by atoms with E-state index in [1.54, 1.807) is 30.3 Å². The summed E-state index contributed by atoms with van der Waals surface area (Å²) >= 11 is 6.16. The van der Waals surface area contributed by atoms with Crippen LogP contribution in [0.2, 0.25) is 5.02 Å². The van der Waals surface area contributed by atoms with Crippen LogP contribution in [-0.2, 0) is 0 Å². The number of carboxylic acids is 1. The lowest BCUT2D eigenvalue weighted by Crippen LogP contribution is -2.20. The molecule has 6 heteroatoms. The second-order valence-corrected chi connectivity index (χ2v) is 4.87. The highest BCUT2D eigenvalue weighted by molar-refractivity contribution is 6.39. The quantitative estimate of drug-likeness (QED) is 0.835. The zero-order chi connectivity index (χ0) is 15.1. The standard InChI is InChI=1S/C15H8ClNO4/c16-12-9(15(20)21)6-8-11(14(19)17-13(8)18)10(12)7-4-2-1-3-5-7/h1-6H,(H,20,21)(H,17,18,19). The molecule has 3 rings (SSSR count). The van der Waals surface area contributed by atoms with E-state index >= 15 is 0 Å². The Bertz CT molecular complexity index is 799. The van der Waals surface area contributed by atoms with Crippen LogP contribution in [0, 0.1) is 0 Å². The molecule has 1 aliphatic rings. The fraction of sp³-hybridized carbons (Fsp3) is 0. The zero-order valence-corrected chi connectivity index (χ0v) is 11.3. The molecule has 0 unspecified atom stereocenters. The predicted molar refractivity (Wildman–Crippen MR) is 75.6 cm³/mol. The van der Waals surface area contributed by atoms with Crippen molar-refractivity contribution in [3.63, 3.8) is 0 Å². The van der Waals surface area contributed by atoms with E-state index in [0.717, 1.165) is 6.07 Å². The average molecular weight is 302 g/mol. The summed E-state index contributed by atoms with van der Waals surface area (Å²) < 4.78 is 0. The maximum absolute atomic E-state index is 12.0. The molecule has 5 nitrogen and oxygen atoms in total. The molecular formula is C15H8ClNO4. The Morgan fingerprint density at radius 2 is 1.71 bits per heavy atom. The SMILES string of the molecule is O=C(O)c1cc2c(c(-c3ccccc3)c1Cl)C(=O)NC2=O. The van der Waals surface area contributed by atoms with Crippen LogP contribution >= 0.6 is 11.6 Å². The highest BCUT2D eigenvalue weighted by Crippen LogP contribution is 2.38. The highest BCUT2D eigenvalue weighted by atomic mass is 35.5. The van der Waals surface area contributed by atoms with Gasteiger partial charge in [0.05, 0.1) is 21.7 Å². The Balaban J connectivity index is 2.42. The summed E-state index contributed by atoms with van der Waals surface area (Å²) in [5.41, 5.74) is 0.767. The van der Waals surface area contributed by atoms with Crippen molar-refractivity contribution in [2.24, 2.45) is 0 Å². The summed E-state index contributed by atoms with van der Waals surface area (Å²) in [6, 6.07) is 9.78. The third-order valence-corrected chi connectivity index (χ3v) is 3.65. The van der Waals surface area contributed by atoms with Crippen molar-refractivity contribution in [3.8, 4) is 11.1 Å². The third-order valence-electron chi connectivity index (χ3n) is 3.26. The Kier molecular flexibility index (Phi) is 2.99. The average Bonchev–Trinajstić information content (AvgIpc) is 2.73. The molecule has 0 spiro atoms. The van der Waals surface area contributed by atoms with E-state index in [4.69, 9.17) is 11.6 Å². The molecule has 2 N–H and O–H groups in total. The number of hydrogen-bond donors (Lipinski definition) is 2. The lowest BCUT2D eigenvalue weighted by atomic mass is 9.93. The van der Waals surface area contributed by atoms with Crippen molar-refractivity contribution in [3.05, 3.63) is 58.1 Å². The van der Waals surface area contributed by atoms with Gasteiger partial charge in [-0.1, -0.05) is 41.9 Å². The van der Waals surface area contributed by atoms with E-state index in [1.807, 2.05) is 0 Å². The minimum atomic E-state index is -1.26. The number of nitrogens with one attached hydrogen (secondary N) is 1. The zero-order valence-electron chi connectivity index (χ0n) is 10.5. The third kappa shape index (κ3) is 1.98. The molecule has 2 aromatic rings. The first kappa shape index (κ1) is 13.3. The van der Waals surface area contributed by atoms with Crippen molar-refractivity contribution >= 4 is 29.4 Å². The Morgan fingerprint density at radius 3 is 2.33 bits per heavy atom. The van der Waals surface area contributed by atoms with Gasteiger partial charge in [-0.25, -0.2) is 4.79 Å². The fourth-order valence-corrected chi connectivity index (χ4v) is 2.68. The molecule has 104 valence electrons. The van der Waals surface area contributed by atoms with Gasteiger partial charge in [-0.2, -0.15) is 0 Å². The molecule has 0 saturated carbocycles. The number of imide groups is 1. The number of aromatic carboxylic acids is 1. The Labute approximate surface area is 124 Å². The monoisotopic (exact) mass is 301 g/mol. The van der Waals surface area contributed by atoms with Gasteiger partial charge >= 0.3 is 5.97 Å². The van der Waals surface area contributed by atoms with E-state index in [0.29, 0.717) is 5.56 Å². The topological polar surface area (TPSA) is 83.5 Å². The van der Waals surface area contributed by atoms with Crippen LogP contribution in [-0.4, -0.2) is 22.9 Å². The van der Waals surface area contributed by atoms with Gasteiger partial charge in [-0.15, -0.1) is 0 Å².